The Morgan fingerprint density at radius 2 is 1.88 bits per heavy atom. The largest absolute Gasteiger partial charge is 0.336 e. The number of carbonyl (C=O) groups excluding carboxylic acids is 1. The molecular formula is C18H25ClN4O. The van der Waals surface area contributed by atoms with Crippen LogP contribution in [0.3, 0.4) is 0 Å². The van der Waals surface area contributed by atoms with E-state index in [9.17, 15) is 4.79 Å². The highest BCUT2D eigenvalue weighted by atomic mass is 35.5. The van der Waals surface area contributed by atoms with Crippen LogP contribution in [0.4, 0.5) is 0 Å². The van der Waals surface area contributed by atoms with Crippen molar-refractivity contribution < 1.29 is 4.79 Å². The number of rotatable bonds is 2. The Morgan fingerprint density at radius 1 is 1.21 bits per heavy atom. The summed E-state index contributed by atoms with van der Waals surface area (Å²) < 4.78 is 1.82. The van der Waals surface area contributed by atoms with Gasteiger partial charge in [-0.15, -0.1) is 12.4 Å². The Labute approximate surface area is 149 Å². The fraction of sp³-hybridized carbons (Fsp3) is 0.444. The summed E-state index contributed by atoms with van der Waals surface area (Å²) in [5.41, 5.74) is 7.97. The van der Waals surface area contributed by atoms with E-state index < -0.39 is 0 Å². The Balaban J connectivity index is 0.00000208. The van der Waals surface area contributed by atoms with Crippen LogP contribution in [0.5, 0.6) is 0 Å². The van der Waals surface area contributed by atoms with Crippen LogP contribution >= 0.6 is 12.4 Å². The monoisotopic (exact) mass is 348 g/mol. The van der Waals surface area contributed by atoms with Gasteiger partial charge in [-0.2, -0.15) is 5.10 Å². The van der Waals surface area contributed by atoms with Gasteiger partial charge < -0.3 is 10.6 Å². The van der Waals surface area contributed by atoms with E-state index in [1.54, 1.807) is 6.20 Å². The standard InChI is InChI=1S/C18H24N4O.ClH/c1-18(2,3)22-10-14(9-20-22)17(23)21-11-15(16(19)12-21)13-7-5-4-6-8-13;/h4-10,15-16H,11-12,19H2,1-3H3;1H/t15-,16+;/m0./s1. The third-order valence-corrected chi connectivity index (χ3v) is 4.40. The zero-order chi connectivity index (χ0) is 16.6. The third kappa shape index (κ3) is 3.62. The summed E-state index contributed by atoms with van der Waals surface area (Å²) >= 11 is 0. The Hall–Kier alpha value is -1.85. The number of nitrogens with two attached hydrogens (primary N) is 1. The summed E-state index contributed by atoms with van der Waals surface area (Å²) in [5, 5.41) is 4.31. The molecule has 2 N–H and O–H groups in total. The summed E-state index contributed by atoms with van der Waals surface area (Å²) in [7, 11) is 0. The minimum absolute atomic E-state index is 0. The number of aromatic nitrogens is 2. The van der Waals surface area contributed by atoms with Crippen molar-refractivity contribution in [2.45, 2.75) is 38.3 Å². The molecule has 0 unspecified atom stereocenters. The van der Waals surface area contributed by atoms with E-state index in [1.807, 2.05) is 34.0 Å². The molecule has 1 saturated heterocycles. The number of halogens is 1. The van der Waals surface area contributed by atoms with Gasteiger partial charge in [0.2, 0.25) is 0 Å². The summed E-state index contributed by atoms with van der Waals surface area (Å²) in [6.07, 6.45) is 3.47. The molecule has 6 heteroatoms. The van der Waals surface area contributed by atoms with Gasteiger partial charge in [-0.3, -0.25) is 9.48 Å². The number of hydrogen-bond donors (Lipinski definition) is 1. The molecule has 2 aromatic rings. The molecule has 0 bridgehead atoms. The minimum Gasteiger partial charge on any atom is -0.336 e. The first-order valence-corrected chi connectivity index (χ1v) is 8.01. The van der Waals surface area contributed by atoms with Crippen molar-refractivity contribution in [3.05, 3.63) is 53.9 Å². The zero-order valence-corrected chi connectivity index (χ0v) is 15.2. The SMILES string of the molecule is CC(C)(C)n1cc(C(=O)N2C[C@@H](N)[C@H](c3ccccc3)C2)cn1.Cl. The van der Waals surface area contributed by atoms with Gasteiger partial charge in [-0.25, -0.2) is 0 Å². The van der Waals surface area contributed by atoms with Crippen LogP contribution in [0.15, 0.2) is 42.7 Å². The van der Waals surface area contributed by atoms with Gasteiger partial charge in [-0.1, -0.05) is 30.3 Å². The number of benzene rings is 1. The Bertz CT molecular complexity index is 693. The lowest BCUT2D eigenvalue weighted by molar-refractivity contribution is 0.0789. The first-order valence-electron chi connectivity index (χ1n) is 8.01. The molecule has 1 aromatic heterocycles. The first kappa shape index (κ1) is 18.5. The van der Waals surface area contributed by atoms with Gasteiger partial charge in [-0.05, 0) is 26.3 Å². The molecule has 24 heavy (non-hydrogen) atoms. The molecular weight excluding hydrogens is 324 g/mol. The molecule has 0 spiro atoms. The van der Waals surface area contributed by atoms with Gasteiger partial charge in [0, 0.05) is 31.2 Å². The van der Waals surface area contributed by atoms with Crippen LogP contribution in [-0.2, 0) is 5.54 Å². The lowest BCUT2D eigenvalue weighted by Crippen LogP contribution is -2.32. The zero-order valence-electron chi connectivity index (χ0n) is 14.3. The lowest BCUT2D eigenvalue weighted by Gasteiger charge is -2.19. The quantitative estimate of drug-likeness (QED) is 0.907. The average molecular weight is 349 g/mol. The summed E-state index contributed by atoms with van der Waals surface area (Å²) in [5.74, 6) is 0.201. The van der Waals surface area contributed by atoms with Gasteiger partial charge in [0.25, 0.3) is 5.91 Å². The molecule has 0 aliphatic carbocycles. The summed E-state index contributed by atoms with van der Waals surface area (Å²) in [6.45, 7) is 7.42. The van der Waals surface area contributed by atoms with Crippen molar-refractivity contribution in [2.24, 2.45) is 5.73 Å². The van der Waals surface area contributed by atoms with Crippen molar-refractivity contribution >= 4 is 18.3 Å². The number of amides is 1. The molecule has 0 saturated carbocycles. The second kappa shape index (κ2) is 6.95. The highest BCUT2D eigenvalue weighted by molar-refractivity contribution is 5.94. The van der Waals surface area contributed by atoms with Crippen molar-refractivity contribution in [1.29, 1.82) is 0 Å². The Kier molecular flexibility index (Phi) is 5.35. The molecule has 1 aliphatic heterocycles. The number of nitrogens with zero attached hydrogens (tertiary/aromatic N) is 3. The van der Waals surface area contributed by atoms with E-state index in [-0.39, 0.29) is 35.8 Å². The maximum absolute atomic E-state index is 12.7. The number of likely N-dealkylation sites (tertiary alicyclic amines) is 1. The van der Waals surface area contributed by atoms with E-state index in [4.69, 9.17) is 5.73 Å². The van der Waals surface area contributed by atoms with E-state index in [0.29, 0.717) is 18.7 Å². The van der Waals surface area contributed by atoms with Crippen LogP contribution < -0.4 is 5.73 Å². The number of carbonyl (C=O) groups is 1. The third-order valence-electron chi connectivity index (χ3n) is 4.40. The average Bonchev–Trinajstić information content (AvgIpc) is 3.14. The molecule has 0 radical (unpaired) electrons. The highest BCUT2D eigenvalue weighted by Gasteiger charge is 2.34. The van der Waals surface area contributed by atoms with Gasteiger partial charge in [0.1, 0.15) is 0 Å². The first-order chi connectivity index (χ1) is 10.9. The maximum atomic E-state index is 12.7. The topological polar surface area (TPSA) is 64.2 Å². The molecule has 2 heterocycles. The second-order valence-electron chi connectivity index (χ2n) is 7.24. The maximum Gasteiger partial charge on any atom is 0.257 e. The van der Waals surface area contributed by atoms with Gasteiger partial charge in [0.15, 0.2) is 0 Å². The van der Waals surface area contributed by atoms with E-state index >= 15 is 0 Å². The van der Waals surface area contributed by atoms with E-state index in [1.165, 1.54) is 5.56 Å². The van der Waals surface area contributed by atoms with E-state index in [0.717, 1.165) is 0 Å². The molecule has 130 valence electrons. The summed E-state index contributed by atoms with van der Waals surface area (Å²) in [4.78, 5) is 14.6. The van der Waals surface area contributed by atoms with Crippen LogP contribution in [0.2, 0.25) is 0 Å². The molecule has 3 rings (SSSR count). The fourth-order valence-electron chi connectivity index (χ4n) is 3.03. The molecule has 1 aromatic carbocycles. The predicted octanol–water partition coefficient (Wildman–Crippen LogP) is 2.63. The van der Waals surface area contributed by atoms with Gasteiger partial charge >= 0.3 is 0 Å². The molecule has 1 amide bonds. The summed E-state index contributed by atoms with van der Waals surface area (Å²) in [6, 6.07) is 10.2. The molecule has 2 atom stereocenters. The van der Waals surface area contributed by atoms with Crippen molar-refractivity contribution in [1.82, 2.24) is 14.7 Å². The van der Waals surface area contributed by atoms with Crippen molar-refractivity contribution in [3.63, 3.8) is 0 Å². The van der Waals surface area contributed by atoms with Crippen LogP contribution in [-0.4, -0.2) is 39.7 Å². The van der Waals surface area contributed by atoms with E-state index in [2.05, 4.69) is 38.0 Å². The Morgan fingerprint density at radius 3 is 2.46 bits per heavy atom. The smallest absolute Gasteiger partial charge is 0.257 e. The molecule has 1 fully saturated rings. The minimum atomic E-state index is -0.132. The predicted molar refractivity (Wildman–Crippen MR) is 97.5 cm³/mol. The second-order valence-corrected chi connectivity index (χ2v) is 7.24. The lowest BCUT2D eigenvalue weighted by atomic mass is 9.95. The van der Waals surface area contributed by atoms with Crippen LogP contribution in [0.1, 0.15) is 42.6 Å². The van der Waals surface area contributed by atoms with Crippen molar-refractivity contribution in [3.8, 4) is 0 Å². The molecule has 5 nitrogen and oxygen atoms in total. The van der Waals surface area contributed by atoms with Crippen LogP contribution in [0.25, 0.3) is 0 Å². The molecule has 1 aliphatic rings. The number of hydrogen-bond acceptors (Lipinski definition) is 3. The normalized spacial score (nSPS) is 20.8. The van der Waals surface area contributed by atoms with Crippen molar-refractivity contribution in [2.75, 3.05) is 13.1 Å². The van der Waals surface area contributed by atoms with Gasteiger partial charge in [0.05, 0.1) is 17.3 Å². The fourth-order valence-corrected chi connectivity index (χ4v) is 3.03. The highest BCUT2D eigenvalue weighted by Crippen LogP contribution is 2.27. The van der Waals surface area contributed by atoms with Crippen LogP contribution in [0, 0.1) is 0 Å².